The Bertz CT molecular complexity index is 1700. The van der Waals surface area contributed by atoms with Gasteiger partial charge in [-0.05, 0) is 44.1 Å². The monoisotopic (exact) mass is 690 g/mol. The summed E-state index contributed by atoms with van der Waals surface area (Å²) in [6.07, 6.45) is 5.60. The Labute approximate surface area is 288 Å². The van der Waals surface area contributed by atoms with Crippen LogP contribution in [-0.4, -0.2) is 67.9 Å². The number of carbonyl (C=O) groups is 4. The molecule has 0 unspecified atom stereocenters. The first-order valence-corrected chi connectivity index (χ1v) is 18.1. The molecule has 4 amide bonds. The van der Waals surface area contributed by atoms with Crippen molar-refractivity contribution in [2.24, 2.45) is 5.92 Å². The fourth-order valence-corrected chi connectivity index (χ4v) is 7.19. The first-order chi connectivity index (χ1) is 23.2. The van der Waals surface area contributed by atoms with E-state index in [0.29, 0.717) is 67.4 Å². The normalized spacial score (nSPS) is 18.5. The molecule has 5 rings (SSSR count). The van der Waals surface area contributed by atoms with Gasteiger partial charge in [-0.1, -0.05) is 44.2 Å². The van der Waals surface area contributed by atoms with E-state index in [1.807, 2.05) is 37.3 Å². The summed E-state index contributed by atoms with van der Waals surface area (Å²) in [6, 6.07) is 8.93. The maximum atomic E-state index is 13.5. The van der Waals surface area contributed by atoms with Gasteiger partial charge in [-0.25, -0.2) is 9.97 Å². The van der Waals surface area contributed by atoms with Crippen LogP contribution in [0.1, 0.15) is 105 Å². The summed E-state index contributed by atoms with van der Waals surface area (Å²) in [5, 5.41) is 18.0. The minimum absolute atomic E-state index is 0.145. The van der Waals surface area contributed by atoms with Gasteiger partial charge in [0.05, 0.1) is 23.8 Å². The number of carbonyl (C=O) groups excluding carboxylic acids is 4. The third kappa shape index (κ3) is 9.34. The smallest absolute Gasteiger partial charge is 0.271 e. The SMILES string of the molecule is CCn1cc(C(=O)N2CCCNC(=O)c3csc(n3)[C@H](Cc3ccccc3)NC(=O)c3csc(n3)[C@H](CC(C)C)NC(=O)CCC2)cn1. The molecule has 0 aliphatic carbocycles. The summed E-state index contributed by atoms with van der Waals surface area (Å²) in [4.78, 5) is 64.3. The predicted molar refractivity (Wildman–Crippen MR) is 185 cm³/mol. The van der Waals surface area contributed by atoms with Crippen molar-refractivity contribution >= 4 is 46.3 Å². The summed E-state index contributed by atoms with van der Waals surface area (Å²) in [6.45, 7) is 7.84. The first-order valence-electron chi connectivity index (χ1n) is 16.3. The lowest BCUT2D eigenvalue weighted by Crippen LogP contribution is -2.36. The Hall–Kier alpha value is -4.43. The van der Waals surface area contributed by atoms with Crippen molar-refractivity contribution in [2.45, 2.75) is 71.5 Å². The van der Waals surface area contributed by atoms with E-state index in [-0.39, 0.29) is 53.4 Å². The quantitative estimate of drug-likeness (QED) is 0.263. The zero-order valence-electron chi connectivity index (χ0n) is 27.5. The Balaban J connectivity index is 1.41. The number of aryl methyl sites for hydroxylation is 1. The Morgan fingerprint density at radius 2 is 1.62 bits per heavy atom. The Morgan fingerprint density at radius 3 is 2.31 bits per heavy atom. The number of fused-ring (bicyclic) bond motifs is 4. The van der Waals surface area contributed by atoms with E-state index >= 15 is 0 Å². The molecule has 12 nitrogen and oxygen atoms in total. The van der Waals surface area contributed by atoms with Crippen molar-refractivity contribution in [1.29, 1.82) is 0 Å². The van der Waals surface area contributed by atoms with E-state index in [2.05, 4.69) is 44.9 Å². The van der Waals surface area contributed by atoms with Gasteiger partial charge in [0.2, 0.25) is 5.91 Å². The maximum absolute atomic E-state index is 13.5. The van der Waals surface area contributed by atoms with Crippen LogP contribution in [0.15, 0.2) is 53.5 Å². The van der Waals surface area contributed by atoms with Crippen LogP contribution in [0.4, 0.5) is 0 Å². The van der Waals surface area contributed by atoms with Crippen LogP contribution >= 0.6 is 22.7 Å². The number of nitrogens with one attached hydrogen (secondary N) is 3. The van der Waals surface area contributed by atoms with Crippen LogP contribution in [-0.2, 0) is 17.8 Å². The van der Waals surface area contributed by atoms with Gasteiger partial charge in [-0.3, -0.25) is 23.9 Å². The molecule has 14 heteroatoms. The summed E-state index contributed by atoms with van der Waals surface area (Å²) in [5.74, 6) is -0.720. The lowest BCUT2D eigenvalue weighted by Gasteiger charge is -2.23. The summed E-state index contributed by atoms with van der Waals surface area (Å²) in [5.41, 5.74) is 2.02. The molecule has 4 aromatic rings. The molecule has 0 saturated heterocycles. The Kier molecular flexibility index (Phi) is 12.1. The molecule has 3 aromatic heterocycles. The highest BCUT2D eigenvalue weighted by Crippen LogP contribution is 2.27. The van der Waals surface area contributed by atoms with Gasteiger partial charge in [0.15, 0.2) is 0 Å². The number of amides is 4. The number of thiazole rings is 2. The van der Waals surface area contributed by atoms with Gasteiger partial charge >= 0.3 is 0 Å². The van der Waals surface area contributed by atoms with E-state index in [1.54, 1.807) is 32.7 Å². The van der Waals surface area contributed by atoms with E-state index in [4.69, 9.17) is 0 Å². The first kappa shape index (κ1) is 34.9. The standard InChI is InChI=1S/C34H42N8O4S2/c1-4-42-19-24(18-36-42)34(46)41-14-8-12-29(43)37-25(16-22(2)3)32-40-28(21-48-32)31(45)38-26(17-23-10-6-5-7-11-23)33-39-27(20-47-33)30(44)35-13-9-15-41/h5-7,10-11,18-22,25-26H,4,8-9,12-17H2,1-3H3,(H,35,44)(H,37,43)(H,38,45)/t25-,26-/m0/s1. The number of hydrogen-bond donors (Lipinski definition) is 3. The molecular weight excluding hydrogens is 649 g/mol. The fraction of sp³-hybridized carbons (Fsp3) is 0.441. The molecular formula is C34H42N8O4S2. The van der Waals surface area contributed by atoms with Crippen molar-refractivity contribution in [2.75, 3.05) is 19.6 Å². The molecule has 1 aliphatic heterocycles. The molecule has 0 saturated carbocycles. The van der Waals surface area contributed by atoms with Crippen molar-refractivity contribution in [3.05, 3.63) is 86.0 Å². The van der Waals surface area contributed by atoms with Crippen molar-refractivity contribution in [3.63, 3.8) is 0 Å². The molecule has 254 valence electrons. The number of benzene rings is 1. The van der Waals surface area contributed by atoms with Gasteiger partial charge in [0, 0.05) is 49.6 Å². The summed E-state index contributed by atoms with van der Waals surface area (Å²) < 4.78 is 1.70. The molecule has 0 spiro atoms. The highest BCUT2D eigenvalue weighted by Gasteiger charge is 2.26. The van der Waals surface area contributed by atoms with Crippen molar-refractivity contribution < 1.29 is 19.2 Å². The second kappa shape index (κ2) is 16.6. The highest BCUT2D eigenvalue weighted by molar-refractivity contribution is 7.10. The molecule has 48 heavy (non-hydrogen) atoms. The number of aromatic nitrogens is 4. The zero-order valence-corrected chi connectivity index (χ0v) is 29.1. The van der Waals surface area contributed by atoms with E-state index in [0.717, 1.165) is 5.56 Å². The molecule has 2 atom stereocenters. The topological polar surface area (TPSA) is 151 Å². The van der Waals surface area contributed by atoms with Gasteiger partial charge < -0.3 is 20.9 Å². The maximum Gasteiger partial charge on any atom is 0.271 e. The van der Waals surface area contributed by atoms with Crippen LogP contribution < -0.4 is 16.0 Å². The third-order valence-corrected chi connectivity index (χ3v) is 9.87. The Morgan fingerprint density at radius 1 is 0.938 bits per heavy atom. The van der Waals surface area contributed by atoms with Crippen LogP contribution in [0.5, 0.6) is 0 Å². The number of nitrogens with zero attached hydrogens (tertiary/aromatic N) is 5. The highest BCUT2D eigenvalue weighted by atomic mass is 32.1. The summed E-state index contributed by atoms with van der Waals surface area (Å²) >= 11 is 2.65. The van der Waals surface area contributed by atoms with E-state index in [9.17, 15) is 19.2 Å². The van der Waals surface area contributed by atoms with Crippen LogP contribution in [0.2, 0.25) is 0 Å². The minimum Gasteiger partial charge on any atom is -0.351 e. The average molecular weight is 691 g/mol. The lowest BCUT2D eigenvalue weighted by atomic mass is 10.0. The molecule has 4 heterocycles. The van der Waals surface area contributed by atoms with Gasteiger partial charge in [0.1, 0.15) is 21.4 Å². The van der Waals surface area contributed by atoms with E-state index < -0.39 is 6.04 Å². The molecule has 4 bridgehead atoms. The molecule has 1 aromatic carbocycles. The molecule has 0 fully saturated rings. The fourth-order valence-electron chi connectivity index (χ4n) is 5.48. The van der Waals surface area contributed by atoms with Gasteiger partial charge in [-0.2, -0.15) is 5.10 Å². The molecule has 0 radical (unpaired) electrons. The lowest BCUT2D eigenvalue weighted by molar-refractivity contribution is -0.122. The van der Waals surface area contributed by atoms with Crippen LogP contribution in [0, 0.1) is 5.92 Å². The second-order valence-corrected chi connectivity index (χ2v) is 14.0. The predicted octanol–water partition coefficient (Wildman–Crippen LogP) is 4.79. The third-order valence-electron chi connectivity index (χ3n) is 7.95. The molecule has 1 aliphatic rings. The van der Waals surface area contributed by atoms with Crippen LogP contribution in [0.25, 0.3) is 0 Å². The van der Waals surface area contributed by atoms with Gasteiger partial charge in [0.25, 0.3) is 17.7 Å². The summed E-state index contributed by atoms with van der Waals surface area (Å²) in [7, 11) is 0. The zero-order chi connectivity index (χ0) is 34.0. The minimum atomic E-state index is -0.492. The number of hydrogen-bond acceptors (Lipinski definition) is 9. The largest absolute Gasteiger partial charge is 0.351 e. The van der Waals surface area contributed by atoms with Crippen molar-refractivity contribution in [1.82, 2.24) is 40.6 Å². The number of rotatable bonds is 6. The van der Waals surface area contributed by atoms with Crippen LogP contribution in [0.3, 0.4) is 0 Å². The second-order valence-electron chi connectivity index (χ2n) is 12.2. The van der Waals surface area contributed by atoms with Crippen molar-refractivity contribution in [3.8, 4) is 0 Å². The average Bonchev–Trinajstić information content (AvgIpc) is 3.86. The molecule has 3 N–H and O–H groups in total. The van der Waals surface area contributed by atoms with E-state index in [1.165, 1.54) is 22.7 Å². The van der Waals surface area contributed by atoms with Gasteiger partial charge in [-0.15, -0.1) is 22.7 Å².